The molecule has 2 N–H and O–H groups in total. The predicted molar refractivity (Wildman–Crippen MR) is 76.3 cm³/mol. The first-order valence-electron chi connectivity index (χ1n) is 5.93. The van der Waals surface area contributed by atoms with E-state index in [0.29, 0.717) is 5.56 Å². The number of hydrogen-bond donors (Lipinski definition) is 2. The van der Waals surface area contributed by atoms with Crippen molar-refractivity contribution in [2.75, 3.05) is 0 Å². The molecule has 0 heterocycles. The summed E-state index contributed by atoms with van der Waals surface area (Å²) in [6.45, 7) is 0. The Labute approximate surface area is 119 Å². The number of amides is 1. The van der Waals surface area contributed by atoms with Gasteiger partial charge < -0.3 is 5.11 Å². The highest BCUT2D eigenvalue weighted by molar-refractivity contribution is 5.95. The van der Waals surface area contributed by atoms with Gasteiger partial charge in [0.25, 0.3) is 11.6 Å². The molecular formula is C14H11N3O4. The number of benzene rings is 2. The summed E-state index contributed by atoms with van der Waals surface area (Å²) in [5.41, 5.74) is 3.09. The second kappa shape index (κ2) is 6.29. The molecular weight excluding hydrogens is 274 g/mol. The van der Waals surface area contributed by atoms with Crippen LogP contribution in [-0.2, 0) is 0 Å². The second-order valence-electron chi connectivity index (χ2n) is 4.10. The highest BCUT2D eigenvalue weighted by Gasteiger charge is 2.08. The van der Waals surface area contributed by atoms with Gasteiger partial charge in [-0.25, -0.2) is 5.43 Å². The number of rotatable bonds is 4. The first-order valence-corrected chi connectivity index (χ1v) is 5.93. The molecule has 0 fully saturated rings. The zero-order chi connectivity index (χ0) is 15.2. The van der Waals surface area contributed by atoms with E-state index in [9.17, 15) is 20.0 Å². The van der Waals surface area contributed by atoms with Crippen LogP contribution in [0.1, 0.15) is 15.9 Å². The summed E-state index contributed by atoms with van der Waals surface area (Å²) in [6, 6.07) is 11.5. The molecule has 21 heavy (non-hydrogen) atoms. The van der Waals surface area contributed by atoms with Crippen LogP contribution in [-0.4, -0.2) is 22.2 Å². The minimum absolute atomic E-state index is 0.0881. The average molecular weight is 285 g/mol. The number of non-ortho nitro benzene ring substituents is 1. The van der Waals surface area contributed by atoms with Gasteiger partial charge in [0.2, 0.25) is 0 Å². The van der Waals surface area contributed by atoms with Crippen LogP contribution in [0, 0.1) is 10.1 Å². The number of nitrogens with zero attached hydrogens (tertiary/aromatic N) is 2. The third-order valence-electron chi connectivity index (χ3n) is 2.59. The zero-order valence-corrected chi connectivity index (χ0v) is 10.8. The Kier molecular flexibility index (Phi) is 4.25. The van der Waals surface area contributed by atoms with Crippen LogP contribution in [0.15, 0.2) is 53.6 Å². The van der Waals surface area contributed by atoms with Crippen molar-refractivity contribution in [2.24, 2.45) is 5.10 Å². The lowest BCUT2D eigenvalue weighted by Crippen LogP contribution is -2.17. The Bertz CT molecular complexity index is 696. The van der Waals surface area contributed by atoms with Gasteiger partial charge in [0.1, 0.15) is 5.75 Å². The van der Waals surface area contributed by atoms with E-state index in [1.54, 1.807) is 12.1 Å². The monoisotopic (exact) mass is 285 g/mol. The lowest BCUT2D eigenvalue weighted by molar-refractivity contribution is -0.384. The number of aromatic hydroxyl groups is 1. The normalized spacial score (nSPS) is 10.5. The van der Waals surface area contributed by atoms with E-state index in [1.807, 2.05) is 0 Å². The van der Waals surface area contributed by atoms with Crippen LogP contribution in [0.5, 0.6) is 5.75 Å². The topological polar surface area (TPSA) is 105 Å². The van der Waals surface area contributed by atoms with Crippen molar-refractivity contribution in [1.29, 1.82) is 0 Å². The Morgan fingerprint density at radius 2 is 1.95 bits per heavy atom. The van der Waals surface area contributed by atoms with Gasteiger partial charge in [-0.1, -0.05) is 12.1 Å². The maximum absolute atomic E-state index is 11.7. The Hall–Kier alpha value is -3.22. The molecule has 0 aliphatic heterocycles. The first kappa shape index (κ1) is 14.2. The molecule has 0 bridgehead atoms. The number of carbonyl (C=O) groups excluding carboxylic acids is 1. The molecule has 0 saturated carbocycles. The maximum Gasteiger partial charge on any atom is 0.271 e. The number of phenols is 1. The molecule has 0 aliphatic carbocycles. The molecule has 2 aromatic carbocycles. The molecule has 1 amide bonds. The van der Waals surface area contributed by atoms with Crippen molar-refractivity contribution in [3.05, 3.63) is 69.8 Å². The van der Waals surface area contributed by atoms with E-state index < -0.39 is 10.8 Å². The smallest absolute Gasteiger partial charge is 0.271 e. The molecule has 0 aromatic heterocycles. The molecule has 0 radical (unpaired) electrons. The number of nitro groups is 1. The van der Waals surface area contributed by atoms with Gasteiger partial charge in [0.15, 0.2) is 0 Å². The van der Waals surface area contributed by atoms with Crippen molar-refractivity contribution >= 4 is 17.8 Å². The number of nitro benzene ring substituents is 1. The van der Waals surface area contributed by atoms with Crippen molar-refractivity contribution in [1.82, 2.24) is 5.43 Å². The molecule has 2 aromatic rings. The van der Waals surface area contributed by atoms with Crippen molar-refractivity contribution in [3.63, 3.8) is 0 Å². The number of hydrogen-bond acceptors (Lipinski definition) is 5. The maximum atomic E-state index is 11.7. The average Bonchev–Trinajstić information content (AvgIpc) is 2.47. The summed E-state index contributed by atoms with van der Waals surface area (Å²) >= 11 is 0. The van der Waals surface area contributed by atoms with Crippen LogP contribution >= 0.6 is 0 Å². The molecule has 106 valence electrons. The van der Waals surface area contributed by atoms with Crippen LogP contribution in [0.25, 0.3) is 0 Å². The fourth-order valence-electron chi connectivity index (χ4n) is 1.57. The SMILES string of the molecule is O=C(N/N=C/c1cccc(O)c1)c1ccc([N+](=O)[O-])cc1. The highest BCUT2D eigenvalue weighted by Crippen LogP contribution is 2.12. The predicted octanol–water partition coefficient (Wildman–Crippen LogP) is 2.06. The largest absolute Gasteiger partial charge is 0.508 e. The van der Waals surface area contributed by atoms with Crippen molar-refractivity contribution in [3.8, 4) is 5.75 Å². The molecule has 0 atom stereocenters. The number of nitrogens with one attached hydrogen (secondary N) is 1. The molecule has 2 rings (SSSR count). The van der Waals surface area contributed by atoms with Crippen LogP contribution in [0.2, 0.25) is 0 Å². The summed E-state index contributed by atoms with van der Waals surface area (Å²) in [7, 11) is 0. The molecule has 0 saturated heterocycles. The van der Waals surface area contributed by atoms with Gasteiger partial charge >= 0.3 is 0 Å². The van der Waals surface area contributed by atoms with Crippen molar-refractivity contribution in [2.45, 2.75) is 0 Å². The second-order valence-corrected chi connectivity index (χ2v) is 4.10. The molecule has 0 unspecified atom stereocenters. The highest BCUT2D eigenvalue weighted by atomic mass is 16.6. The number of phenolic OH excluding ortho intramolecular Hbond substituents is 1. The van der Waals surface area contributed by atoms with Gasteiger partial charge in [-0.15, -0.1) is 0 Å². The summed E-state index contributed by atoms with van der Waals surface area (Å²) in [6.07, 6.45) is 1.38. The van der Waals surface area contributed by atoms with Gasteiger partial charge in [0, 0.05) is 17.7 Å². The van der Waals surface area contributed by atoms with E-state index in [1.165, 1.54) is 42.6 Å². The van der Waals surface area contributed by atoms with E-state index in [2.05, 4.69) is 10.5 Å². The minimum Gasteiger partial charge on any atom is -0.508 e. The Morgan fingerprint density at radius 3 is 2.57 bits per heavy atom. The lowest BCUT2D eigenvalue weighted by Gasteiger charge is -1.99. The summed E-state index contributed by atoms with van der Waals surface area (Å²) in [4.78, 5) is 21.7. The summed E-state index contributed by atoms with van der Waals surface area (Å²) in [5, 5.41) is 23.5. The van der Waals surface area contributed by atoms with Gasteiger partial charge in [-0.3, -0.25) is 14.9 Å². The molecule has 7 nitrogen and oxygen atoms in total. The Balaban J connectivity index is 2.00. The van der Waals surface area contributed by atoms with E-state index in [-0.39, 0.29) is 17.0 Å². The van der Waals surface area contributed by atoms with Crippen LogP contribution < -0.4 is 5.43 Å². The fourth-order valence-corrected chi connectivity index (χ4v) is 1.57. The van der Waals surface area contributed by atoms with Crippen molar-refractivity contribution < 1.29 is 14.8 Å². The standard InChI is InChI=1S/C14H11N3O4/c18-13-3-1-2-10(8-13)9-15-16-14(19)11-4-6-12(7-5-11)17(20)21/h1-9,18H,(H,16,19)/b15-9+. The third-order valence-corrected chi connectivity index (χ3v) is 2.59. The van der Waals surface area contributed by atoms with Gasteiger partial charge in [-0.05, 0) is 29.8 Å². The van der Waals surface area contributed by atoms with Gasteiger partial charge in [0.05, 0.1) is 11.1 Å². The van der Waals surface area contributed by atoms with Crippen LogP contribution in [0.4, 0.5) is 5.69 Å². The summed E-state index contributed by atoms with van der Waals surface area (Å²) in [5.74, 6) is -0.387. The Morgan fingerprint density at radius 1 is 1.24 bits per heavy atom. The van der Waals surface area contributed by atoms with Crippen LogP contribution in [0.3, 0.4) is 0 Å². The summed E-state index contributed by atoms with van der Waals surface area (Å²) < 4.78 is 0. The van der Waals surface area contributed by atoms with E-state index >= 15 is 0 Å². The van der Waals surface area contributed by atoms with E-state index in [4.69, 9.17) is 0 Å². The quantitative estimate of drug-likeness (QED) is 0.509. The lowest BCUT2D eigenvalue weighted by atomic mass is 10.2. The number of hydrazone groups is 1. The zero-order valence-electron chi connectivity index (χ0n) is 10.8. The minimum atomic E-state index is -0.540. The third kappa shape index (κ3) is 3.87. The fraction of sp³-hybridized carbons (Fsp3) is 0. The van der Waals surface area contributed by atoms with E-state index in [0.717, 1.165) is 0 Å². The molecule has 0 aliphatic rings. The van der Waals surface area contributed by atoms with Gasteiger partial charge in [-0.2, -0.15) is 5.10 Å². The molecule has 7 heteroatoms. The molecule has 0 spiro atoms. The number of carbonyl (C=O) groups is 1. The first-order chi connectivity index (χ1) is 10.1.